The predicted molar refractivity (Wildman–Crippen MR) is 116 cm³/mol. The number of carboxylic acids is 1. The maximum Gasteiger partial charge on any atom is 0.335 e. The average Bonchev–Trinajstić information content (AvgIpc) is 3.19. The molecule has 0 unspecified atom stereocenters. The third-order valence-corrected chi connectivity index (χ3v) is 5.13. The summed E-state index contributed by atoms with van der Waals surface area (Å²) in [6, 6.07) is 15.3. The van der Waals surface area contributed by atoms with Crippen LogP contribution in [0.5, 0.6) is 0 Å². The van der Waals surface area contributed by atoms with E-state index in [9.17, 15) is 19.2 Å². The highest BCUT2D eigenvalue weighted by Gasteiger charge is 2.37. The molecule has 2 aromatic carbocycles. The molecule has 0 radical (unpaired) electrons. The summed E-state index contributed by atoms with van der Waals surface area (Å²) in [5.74, 6) is -2.58. The highest BCUT2D eigenvalue weighted by atomic mass is 79.9. The number of hydrogen-bond donors (Lipinski definition) is 2. The Hall–Kier alpha value is -3.98. The van der Waals surface area contributed by atoms with Crippen molar-refractivity contribution in [1.29, 1.82) is 0 Å². The monoisotopic (exact) mass is 479 g/mol. The molecule has 1 aromatic heterocycles. The zero-order chi connectivity index (χ0) is 22.1. The van der Waals surface area contributed by atoms with Gasteiger partial charge in [0.05, 0.1) is 11.3 Å². The molecule has 1 aliphatic heterocycles. The number of barbiturate groups is 1. The van der Waals surface area contributed by atoms with E-state index in [4.69, 9.17) is 5.11 Å². The van der Waals surface area contributed by atoms with Gasteiger partial charge in [0.1, 0.15) is 5.57 Å². The fourth-order valence-electron chi connectivity index (χ4n) is 3.17. The lowest BCUT2D eigenvalue weighted by Crippen LogP contribution is -2.54. The molecule has 0 aliphatic carbocycles. The molecular formula is C22H14BrN3O5. The van der Waals surface area contributed by atoms with Gasteiger partial charge in [0.25, 0.3) is 11.8 Å². The molecule has 2 heterocycles. The molecule has 1 saturated heterocycles. The first kappa shape index (κ1) is 20.3. The SMILES string of the molecule is O=C1NC(=O)N(c2cccc(Br)c2)C(=O)/C1=C\c1cccn1-c1ccc(C(=O)O)cc1. The van der Waals surface area contributed by atoms with Crippen LogP contribution in [-0.2, 0) is 9.59 Å². The third kappa shape index (κ3) is 3.90. The second-order valence-electron chi connectivity index (χ2n) is 6.59. The minimum atomic E-state index is -1.04. The van der Waals surface area contributed by atoms with Crippen LogP contribution >= 0.6 is 15.9 Å². The number of imide groups is 2. The number of rotatable bonds is 4. The number of carbonyl (C=O) groups is 4. The zero-order valence-electron chi connectivity index (χ0n) is 15.8. The number of benzene rings is 2. The normalized spacial score (nSPS) is 15.3. The lowest BCUT2D eigenvalue weighted by molar-refractivity contribution is -0.122. The van der Waals surface area contributed by atoms with Gasteiger partial charge in [0, 0.05) is 22.1 Å². The van der Waals surface area contributed by atoms with Crippen LogP contribution in [0.15, 0.2) is 76.9 Å². The van der Waals surface area contributed by atoms with Crippen LogP contribution in [0.3, 0.4) is 0 Å². The molecular weight excluding hydrogens is 466 g/mol. The molecule has 2 N–H and O–H groups in total. The predicted octanol–water partition coefficient (Wildman–Crippen LogP) is 3.60. The van der Waals surface area contributed by atoms with E-state index in [0.717, 1.165) is 4.90 Å². The van der Waals surface area contributed by atoms with Crippen molar-refractivity contribution in [2.45, 2.75) is 0 Å². The number of aromatic nitrogens is 1. The molecule has 31 heavy (non-hydrogen) atoms. The first-order valence-electron chi connectivity index (χ1n) is 9.03. The smallest absolute Gasteiger partial charge is 0.335 e. The standard InChI is InChI=1S/C22H14BrN3O5/c23-14-3-1-4-17(11-14)26-20(28)18(19(27)24-22(26)31)12-16-5-2-10-25(16)15-8-6-13(7-9-15)21(29)30/h1-12H,(H,29,30)(H,24,27,31)/b18-12-. The van der Waals surface area contributed by atoms with Crippen LogP contribution < -0.4 is 10.2 Å². The van der Waals surface area contributed by atoms with Crippen LogP contribution in [0.4, 0.5) is 10.5 Å². The summed E-state index contributed by atoms with van der Waals surface area (Å²) in [7, 11) is 0. The molecule has 0 spiro atoms. The molecule has 4 rings (SSSR count). The van der Waals surface area contributed by atoms with Crippen LogP contribution in [0, 0.1) is 0 Å². The highest BCUT2D eigenvalue weighted by molar-refractivity contribution is 9.10. The molecule has 154 valence electrons. The Labute approximate surface area is 184 Å². The third-order valence-electron chi connectivity index (χ3n) is 4.63. The van der Waals surface area contributed by atoms with Crippen molar-refractivity contribution in [3.05, 3.63) is 88.2 Å². The first-order valence-corrected chi connectivity index (χ1v) is 9.82. The minimum Gasteiger partial charge on any atom is -0.478 e. The van der Waals surface area contributed by atoms with Crippen LogP contribution in [-0.4, -0.2) is 33.5 Å². The van der Waals surface area contributed by atoms with Gasteiger partial charge in [0.15, 0.2) is 0 Å². The van der Waals surface area contributed by atoms with Crippen molar-refractivity contribution in [2.75, 3.05) is 4.90 Å². The number of nitrogens with one attached hydrogen (secondary N) is 1. The summed E-state index contributed by atoms with van der Waals surface area (Å²) in [5.41, 5.74) is 1.40. The first-order chi connectivity index (χ1) is 14.8. The van der Waals surface area contributed by atoms with Crippen LogP contribution in [0.1, 0.15) is 16.1 Å². The number of halogens is 1. The summed E-state index contributed by atoms with van der Waals surface area (Å²) in [4.78, 5) is 49.7. The molecule has 1 fully saturated rings. The maximum atomic E-state index is 13.0. The molecule has 3 aromatic rings. The molecule has 8 nitrogen and oxygen atoms in total. The van der Waals surface area contributed by atoms with Gasteiger partial charge >= 0.3 is 12.0 Å². The number of nitrogens with zero attached hydrogens (tertiary/aromatic N) is 2. The highest BCUT2D eigenvalue weighted by Crippen LogP contribution is 2.25. The van der Waals surface area contributed by atoms with Crippen molar-refractivity contribution in [3.63, 3.8) is 0 Å². The lowest BCUT2D eigenvalue weighted by Gasteiger charge is -2.26. The van der Waals surface area contributed by atoms with E-state index in [2.05, 4.69) is 21.2 Å². The molecule has 4 amide bonds. The second-order valence-corrected chi connectivity index (χ2v) is 7.51. The van der Waals surface area contributed by atoms with E-state index < -0.39 is 23.8 Å². The van der Waals surface area contributed by atoms with E-state index in [1.54, 1.807) is 59.3 Å². The Morgan fingerprint density at radius 3 is 2.39 bits per heavy atom. The van der Waals surface area contributed by atoms with Gasteiger partial charge in [-0.25, -0.2) is 14.5 Å². The number of carbonyl (C=O) groups excluding carboxylic acids is 3. The van der Waals surface area contributed by atoms with Gasteiger partial charge in [0.2, 0.25) is 0 Å². The van der Waals surface area contributed by atoms with Crippen molar-refractivity contribution in [3.8, 4) is 5.69 Å². The van der Waals surface area contributed by atoms with Crippen LogP contribution in [0.25, 0.3) is 11.8 Å². The summed E-state index contributed by atoms with van der Waals surface area (Å²) in [6.07, 6.45) is 3.10. The van der Waals surface area contributed by atoms with Crippen LogP contribution in [0.2, 0.25) is 0 Å². The van der Waals surface area contributed by atoms with Crippen molar-refractivity contribution in [2.24, 2.45) is 0 Å². The molecule has 0 bridgehead atoms. The van der Waals surface area contributed by atoms with Gasteiger partial charge in [-0.2, -0.15) is 0 Å². The second kappa shape index (κ2) is 8.04. The van der Waals surface area contributed by atoms with E-state index in [1.807, 2.05) is 0 Å². The quantitative estimate of drug-likeness (QED) is 0.438. The fraction of sp³-hybridized carbons (Fsp3) is 0. The Kier molecular flexibility index (Phi) is 5.26. The molecule has 0 saturated carbocycles. The summed E-state index contributed by atoms with van der Waals surface area (Å²) < 4.78 is 2.37. The summed E-state index contributed by atoms with van der Waals surface area (Å²) in [5, 5.41) is 11.2. The Bertz CT molecular complexity index is 1260. The average molecular weight is 480 g/mol. The van der Waals surface area contributed by atoms with E-state index >= 15 is 0 Å². The molecule has 0 atom stereocenters. The van der Waals surface area contributed by atoms with E-state index in [1.165, 1.54) is 18.2 Å². The number of anilines is 1. The number of hydrogen-bond acceptors (Lipinski definition) is 4. The van der Waals surface area contributed by atoms with E-state index in [-0.39, 0.29) is 11.1 Å². The summed E-state index contributed by atoms with van der Waals surface area (Å²) >= 11 is 3.30. The number of aromatic carboxylic acids is 1. The van der Waals surface area contributed by atoms with Gasteiger partial charge in [-0.05, 0) is 60.7 Å². The fourth-order valence-corrected chi connectivity index (χ4v) is 3.55. The van der Waals surface area contributed by atoms with Crippen molar-refractivity contribution < 1.29 is 24.3 Å². The van der Waals surface area contributed by atoms with Gasteiger partial charge in [-0.15, -0.1) is 0 Å². The lowest BCUT2D eigenvalue weighted by atomic mass is 10.1. The number of carboxylic acid groups (broad SMARTS) is 1. The number of urea groups is 1. The minimum absolute atomic E-state index is 0.140. The van der Waals surface area contributed by atoms with E-state index in [0.29, 0.717) is 21.5 Å². The van der Waals surface area contributed by atoms with Gasteiger partial charge in [-0.1, -0.05) is 22.0 Å². The number of amides is 4. The van der Waals surface area contributed by atoms with Crippen molar-refractivity contribution >= 4 is 51.5 Å². The molecule has 9 heteroatoms. The van der Waals surface area contributed by atoms with Crippen molar-refractivity contribution in [1.82, 2.24) is 9.88 Å². The van der Waals surface area contributed by atoms with Gasteiger partial charge < -0.3 is 9.67 Å². The largest absolute Gasteiger partial charge is 0.478 e. The topological polar surface area (TPSA) is 109 Å². The Morgan fingerprint density at radius 1 is 0.968 bits per heavy atom. The Balaban J connectivity index is 1.72. The summed E-state index contributed by atoms with van der Waals surface area (Å²) in [6.45, 7) is 0. The van der Waals surface area contributed by atoms with Gasteiger partial charge in [-0.3, -0.25) is 14.9 Å². The zero-order valence-corrected chi connectivity index (χ0v) is 17.4. The molecule has 1 aliphatic rings. The Morgan fingerprint density at radius 2 is 1.71 bits per heavy atom. The maximum absolute atomic E-state index is 13.0.